The third-order valence-electron chi connectivity index (χ3n) is 2.85. The molecule has 1 aromatic rings. The van der Waals surface area contributed by atoms with E-state index < -0.39 is 0 Å². The summed E-state index contributed by atoms with van der Waals surface area (Å²) in [6.07, 6.45) is 2.22. The first-order valence-electron chi connectivity index (χ1n) is 5.26. The van der Waals surface area contributed by atoms with Crippen molar-refractivity contribution in [3.63, 3.8) is 0 Å². The molecule has 1 nitrogen and oxygen atoms in total. The molecule has 0 unspecified atom stereocenters. The monoisotopic (exact) mass is 207 g/mol. The van der Waals surface area contributed by atoms with Gasteiger partial charge in [0.25, 0.3) is 0 Å². The Morgan fingerprint density at radius 2 is 2.36 bits per heavy atom. The Morgan fingerprint density at radius 3 is 3.14 bits per heavy atom. The molecule has 1 aliphatic rings. The highest BCUT2D eigenvalue weighted by Crippen LogP contribution is 2.29. The molecule has 14 heavy (non-hydrogen) atoms. The third-order valence-corrected chi connectivity index (χ3v) is 3.89. The first-order valence-corrected chi connectivity index (χ1v) is 6.41. The van der Waals surface area contributed by atoms with Gasteiger partial charge in [0.05, 0.1) is 0 Å². The van der Waals surface area contributed by atoms with Crippen LogP contribution in [-0.4, -0.2) is 5.75 Å². The van der Waals surface area contributed by atoms with Gasteiger partial charge in [0.15, 0.2) is 0 Å². The van der Waals surface area contributed by atoms with E-state index in [4.69, 9.17) is 5.73 Å². The Hall–Kier alpha value is -0.470. The van der Waals surface area contributed by atoms with Gasteiger partial charge in [-0.05, 0) is 35.3 Å². The van der Waals surface area contributed by atoms with Crippen LogP contribution in [0.3, 0.4) is 0 Å². The maximum Gasteiger partial charge on any atom is 0.0305 e. The summed E-state index contributed by atoms with van der Waals surface area (Å²) in [6.45, 7) is 2.19. The number of rotatable bonds is 1. The van der Waals surface area contributed by atoms with Gasteiger partial charge in [-0.3, -0.25) is 0 Å². The quantitative estimate of drug-likeness (QED) is 0.766. The predicted octanol–water partition coefficient (Wildman–Crippen LogP) is 2.89. The molecule has 0 fully saturated rings. The van der Waals surface area contributed by atoms with Gasteiger partial charge >= 0.3 is 0 Å². The Kier molecular flexibility index (Phi) is 3.14. The van der Waals surface area contributed by atoms with Crippen molar-refractivity contribution < 1.29 is 0 Å². The first kappa shape index (κ1) is 10.1. The van der Waals surface area contributed by atoms with Crippen LogP contribution in [0.25, 0.3) is 0 Å². The molecule has 1 aliphatic heterocycles. The minimum Gasteiger partial charge on any atom is -0.324 e. The normalized spacial score (nSPS) is 21.4. The third kappa shape index (κ3) is 1.96. The minimum atomic E-state index is 0.256. The van der Waals surface area contributed by atoms with Gasteiger partial charge in [-0.25, -0.2) is 0 Å². The smallest absolute Gasteiger partial charge is 0.0305 e. The van der Waals surface area contributed by atoms with E-state index in [1.807, 2.05) is 11.8 Å². The Balaban J connectivity index is 2.39. The number of benzene rings is 1. The second-order valence-electron chi connectivity index (χ2n) is 3.83. The molecule has 0 radical (unpaired) electrons. The van der Waals surface area contributed by atoms with Crippen molar-refractivity contribution in [3.05, 3.63) is 34.9 Å². The van der Waals surface area contributed by atoms with Gasteiger partial charge in [-0.15, -0.1) is 0 Å². The maximum absolute atomic E-state index is 6.16. The van der Waals surface area contributed by atoms with Gasteiger partial charge in [-0.1, -0.05) is 25.1 Å². The lowest BCUT2D eigenvalue weighted by Crippen LogP contribution is -2.11. The molecule has 0 aromatic heterocycles. The van der Waals surface area contributed by atoms with Gasteiger partial charge in [-0.2, -0.15) is 11.8 Å². The van der Waals surface area contributed by atoms with Gasteiger partial charge in [0, 0.05) is 11.8 Å². The van der Waals surface area contributed by atoms with E-state index in [1.165, 1.54) is 22.4 Å². The molecule has 1 atom stereocenters. The highest BCUT2D eigenvalue weighted by molar-refractivity contribution is 7.98. The van der Waals surface area contributed by atoms with Gasteiger partial charge in [0.1, 0.15) is 0 Å². The zero-order valence-corrected chi connectivity index (χ0v) is 9.44. The highest BCUT2D eigenvalue weighted by atomic mass is 32.2. The molecule has 0 spiro atoms. The molecular weight excluding hydrogens is 190 g/mol. The van der Waals surface area contributed by atoms with E-state index in [2.05, 4.69) is 25.1 Å². The number of hydrogen-bond acceptors (Lipinski definition) is 2. The van der Waals surface area contributed by atoms with Crippen LogP contribution in [0, 0.1) is 0 Å². The SMILES string of the molecule is CCc1ccc2c(c1)[C@H](N)CCSC2. The van der Waals surface area contributed by atoms with Crippen LogP contribution >= 0.6 is 11.8 Å². The lowest BCUT2D eigenvalue weighted by Gasteiger charge is -2.13. The van der Waals surface area contributed by atoms with E-state index in [9.17, 15) is 0 Å². The van der Waals surface area contributed by atoms with E-state index in [0.29, 0.717) is 0 Å². The van der Waals surface area contributed by atoms with Crippen LogP contribution in [0.2, 0.25) is 0 Å². The number of nitrogens with two attached hydrogens (primary N) is 1. The molecule has 0 saturated heterocycles. The van der Waals surface area contributed by atoms with Crippen LogP contribution in [-0.2, 0) is 12.2 Å². The second kappa shape index (κ2) is 4.37. The molecule has 0 bridgehead atoms. The summed E-state index contributed by atoms with van der Waals surface area (Å²) in [5.41, 5.74) is 10.4. The van der Waals surface area contributed by atoms with Crippen molar-refractivity contribution in [2.24, 2.45) is 5.73 Å². The van der Waals surface area contributed by atoms with E-state index in [0.717, 1.165) is 18.6 Å². The van der Waals surface area contributed by atoms with Gasteiger partial charge in [0.2, 0.25) is 0 Å². The lowest BCUT2D eigenvalue weighted by molar-refractivity contribution is 0.704. The van der Waals surface area contributed by atoms with Crippen molar-refractivity contribution in [2.45, 2.75) is 31.6 Å². The van der Waals surface area contributed by atoms with Crippen molar-refractivity contribution in [1.29, 1.82) is 0 Å². The Bertz CT molecular complexity index is 322. The summed E-state index contributed by atoms with van der Waals surface area (Å²) >= 11 is 2.00. The summed E-state index contributed by atoms with van der Waals surface area (Å²) < 4.78 is 0. The van der Waals surface area contributed by atoms with Crippen molar-refractivity contribution in [3.8, 4) is 0 Å². The fraction of sp³-hybridized carbons (Fsp3) is 0.500. The van der Waals surface area contributed by atoms with Crippen LogP contribution in [0.15, 0.2) is 18.2 Å². The van der Waals surface area contributed by atoms with Crippen LogP contribution in [0.1, 0.15) is 36.1 Å². The molecule has 76 valence electrons. The van der Waals surface area contributed by atoms with Gasteiger partial charge < -0.3 is 5.73 Å². The number of hydrogen-bond donors (Lipinski definition) is 1. The molecule has 2 N–H and O–H groups in total. The molecule has 1 aromatic carbocycles. The van der Waals surface area contributed by atoms with Crippen molar-refractivity contribution in [1.82, 2.24) is 0 Å². The first-order chi connectivity index (χ1) is 6.81. The Labute approximate surface area is 90.1 Å². The van der Waals surface area contributed by atoms with Crippen molar-refractivity contribution >= 4 is 11.8 Å². The van der Waals surface area contributed by atoms with Crippen LogP contribution in [0.4, 0.5) is 0 Å². The standard InChI is InChI=1S/C12H17NS/c1-2-9-3-4-10-8-14-6-5-12(13)11(10)7-9/h3-4,7,12H,2,5-6,8,13H2,1H3/t12-/m1/s1. The summed E-state index contributed by atoms with van der Waals surface area (Å²) in [5.74, 6) is 2.32. The summed E-state index contributed by atoms with van der Waals surface area (Å²) in [5, 5.41) is 0. The van der Waals surface area contributed by atoms with Crippen molar-refractivity contribution in [2.75, 3.05) is 5.75 Å². The minimum absolute atomic E-state index is 0.256. The number of thioether (sulfide) groups is 1. The molecule has 1 heterocycles. The number of fused-ring (bicyclic) bond motifs is 1. The van der Waals surface area contributed by atoms with E-state index >= 15 is 0 Å². The van der Waals surface area contributed by atoms with E-state index in [1.54, 1.807) is 0 Å². The maximum atomic E-state index is 6.16. The fourth-order valence-corrected chi connectivity index (χ4v) is 2.94. The topological polar surface area (TPSA) is 26.0 Å². The molecular formula is C12H17NS. The van der Waals surface area contributed by atoms with Crippen LogP contribution in [0.5, 0.6) is 0 Å². The van der Waals surface area contributed by atoms with Crippen LogP contribution < -0.4 is 5.73 Å². The summed E-state index contributed by atoms with van der Waals surface area (Å²) in [6, 6.07) is 7.04. The highest BCUT2D eigenvalue weighted by Gasteiger charge is 2.15. The fourth-order valence-electron chi connectivity index (χ4n) is 1.89. The zero-order chi connectivity index (χ0) is 9.97. The lowest BCUT2D eigenvalue weighted by atomic mass is 9.97. The zero-order valence-electron chi connectivity index (χ0n) is 8.62. The number of aryl methyl sites for hydroxylation is 1. The molecule has 0 saturated carbocycles. The summed E-state index contributed by atoms with van der Waals surface area (Å²) in [4.78, 5) is 0. The van der Waals surface area contributed by atoms with E-state index in [-0.39, 0.29) is 6.04 Å². The summed E-state index contributed by atoms with van der Waals surface area (Å²) in [7, 11) is 0. The molecule has 2 rings (SSSR count). The molecule has 0 aliphatic carbocycles. The average Bonchev–Trinajstić information content (AvgIpc) is 2.40. The molecule has 0 amide bonds. The largest absolute Gasteiger partial charge is 0.324 e. The average molecular weight is 207 g/mol. The Morgan fingerprint density at radius 1 is 1.50 bits per heavy atom. The molecule has 2 heteroatoms. The predicted molar refractivity (Wildman–Crippen MR) is 63.5 cm³/mol. The second-order valence-corrected chi connectivity index (χ2v) is 4.94.